The molecule has 1 aliphatic heterocycles. The molecular formula is C13H20BrN3. The first-order chi connectivity index (χ1) is 8.20. The van der Waals surface area contributed by atoms with Crippen LogP contribution in [0.1, 0.15) is 19.8 Å². The summed E-state index contributed by atoms with van der Waals surface area (Å²) >= 11 is 3.53. The van der Waals surface area contributed by atoms with Gasteiger partial charge in [-0.1, -0.05) is 6.92 Å². The Kier molecular flexibility index (Phi) is 4.29. The Hall–Kier alpha value is -0.740. The summed E-state index contributed by atoms with van der Waals surface area (Å²) in [5.74, 6) is 0. The van der Waals surface area contributed by atoms with Gasteiger partial charge in [0.1, 0.15) is 0 Å². The van der Waals surface area contributed by atoms with Crippen molar-refractivity contribution in [3.8, 4) is 0 Å². The van der Waals surface area contributed by atoms with E-state index in [2.05, 4.69) is 33.1 Å². The molecule has 17 heavy (non-hydrogen) atoms. The summed E-state index contributed by atoms with van der Waals surface area (Å²) in [6.45, 7) is 5.63. The summed E-state index contributed by atoms with van der Waals surface area (Å²) in [6.07, 6.45) is 2.62. The molecule has 1 aliphatic rings. The quantitative estimate of drug-likeness (QED) is 0.840. The molecule has 3 N–H and O–H groups in total. The molecule has 0 spiro atoms. The molecule has 3 nitrogen and oxygen atoms in total. The van der Waals surface area contributed by atoms with E-state index in [4.69, 9.17) is 5.73 Å². The van der Waals surface area contributed by atoms with Gasteiger partial charge in [0, 0.05) is 28.4 Å². The van der Waals surface area contributed by atoms with Crippen LogP contribution in [0.2, 0.25) is 0 Å². The molecular weight excluding hydrogens is 278 g/mol. The molecule has 94 valence electrons. The number of hydrogen-bond donors (Lipinski definition) is 2. The van der Waals surface area contributed by atoms with E-state index in [1.807, 2.05) is 18.2 Å². The zero-order valence-electron chi connectivity index (χ0n) is 10.2. The number of nitrogens with two attached hydrogens (primary N) is 1. The van der Waals surface area contributed by atoms with E-state index in [1.54, 1.807) is 0 Å². The SMILES string of the molecule is CCN1CCCC1CNc1ccc(N)cc1Br. The summed E-state index contributed by atoms with van der Waals surface area (Å²) in [4.78, 5) is 2.54. The van der Waals surface area contributed by atoms with Gasteiger partial charge in [0.05, 0.1) is 0 Å². The second kappa shape index (κ2) is 5.74. The highest BCUT2D eigenvalue weighted by atomic mass is 79.9. The lowest BCUT2D eigenvalue weighted by Gasteiger charge is -2.23. The van der Waals surface area contributed by atoms with Gasteiger partial charge in [0.25, 0.3) is 0 Å². The largest absolute Gasteiger partial charge is 0.399 e. The van der Waals surface area contributed by atoms with Gasteiger partial charge < -0.3 is 11.1 Å². The number of nitrogens with one attached hydrogen (secondary N) is 1. The molecule has 1 aromatic rings. The zero-order chi connectivity index (χ0) is 12.3. The smallest absolute Gasteiger partial charge is 0.0486 e. The van der Waals surface area contributed by atoms with Crippen LogP contribution in [0.4, 0.5) is 11.4 Å². The van der Waals surface area contributed by atoms with Crippen LogP contribution in [0.15, 0.2) is 22.7 Å². The molecule has 4 heteroatoms. The number of halogens is 1. The first kappa shape index (κ1) is 12.7. The van der Waals surface area contributed by atoms with Crippen LogP contribution in [0.5, 0.6) is 0 Å². The molecule has 2 rings (SSSR count). The summed E-state index contributed by atoms with van der Waals surface area (Å²) in [6, 6.07) is 6.57. The molecule has 0 aromatic heterocycles. The highest BCUT2D eigenvalue weighted by Crippen LogP contribution is 2.25. The number of nitrogens with zero attached hydrogens (tertiary/aromatic N) is 1. The molecule has 0 amide bonds. The molecule has 0 bridgehead atoms. The van der Waals surface area contributed by atoms with Crippen LogP contribution < -0.4 is 11.1 Å². The van der Waals surface area contributed by atoms with E-state index in [-0.39, 0.29) is 0 Å². The summed E-state index contributed by atoms with van der Waals surface area (Å²) < 4.78 is 1.04. The van der Waals surface area contributed by atoms with Crippen molar-refractivity contribution in [1.82, 2.24) is 4.90 Å². The van der Waals surface area contributed by atoms with Gasteiger partial charge in [-0.25, -0.2) is 0 Å². The normalized spacial score (nSPS) is 20.7. The Morgan fingerprint density at radius 1 is 1.53 bits per heavy atom. The fourth-order valence-electron chi connectivity index (χ4n) is 2.45. The van der Waals surface area contributed by atoms with Crippen LogP contribution >= 0.6 is 15.9 Å². The van der Waals surface area contributed by atoms with Gasteiger partial charge in [0.2, 0.25) is 0 Å². The lowest BCUT2D eigenvalue weighted by Crippen LogP contribution is -2.34. The van der Waals surface area contributed by atoms with Crippen molar-refractivity contribution in [3.05, 3.63) is 22.7 Å². The number of likely N-dealkylation sites (N-methyl/N-ethyl adjacent to an activating group) is 1. The third kappa shape index (κ3) is 3.13. The molecule has 0 aliphatic carbocycles. The minimum Gasteiger partial charge on any atom is -0.399 e. The van der Waals surface area contributed by atoms with E-state index in [0.29, 0.717) is 6.04 Å². The van der Waals surface area contributed by atoms with Gasteiger partial charge in [-0.2, -0.15) is 0 Å². The molecule has 0 radical (unpaired) electrons. The van der Waals surface area contributed by atoms with E-state index < -0.39 is 0 Å². The predicted molar refractivity (Wildman–Crippen MR) is 77.3 cm³/mol. The summed E-state index contributed by atoms with van der Waals surface area (Å²) in [7, 11) is 0. The van der Waals surface area contributed by atoms with Crippen molar-refractivity contribution < 1.29 is 0 Å². The number of nitrogen functional groups attached to an aromatic ring is 1. The molecule has 1 saturated heterocycles. The van der Waals surface area contributed by atoms with Gasteiger partial charge >= 0.3 is 0 Å². The van der Waals surface area contributed by atoms with E-state index in [1.165, 1.54) is 19.4 Å². The van der Waals surface area contributed by atoms with E-state index >= 15 is 0 Å². The maximum atomic E-state index is 5.72. The van der Waals surface area contributed by atoms with Crippen molar-refractivity contribution in [2.24, 2.45) is 0 Å². The second-order valence-electron chi connectivity index (χ2n) is 4.54. The van der Waals surface area contributed by atoms with E-state index in [9.17, 15) is 0 Å². The highest BCUT2D eigenvalue weighted by molar-refractivity contribution is 9.10. The third-order valence-corrected chi connectivity index (χ3v) is 4.08. The van der Waals surface area contributed by atoms with Crippen LogP contribution in [0, 0.1) is 0 Å². The zero-order valence-corrected chi connectivity index (χ0v) is 11.8. The van der Waals surface area contributed by atoms with Gasteiger partial charge in [-0.3, -0.25) is 4.90 Å². The van der Waals surface area contributed by atoms with Crippen LogP contribution in [0.25, 0.3) is 0 Å². The maximum absolute atomic E-state index is 5.72. The molecule has 1 unspecified atom stereocenters. The topological polar surface area (TPSA) is 41.3 Å². The average molecular weight is 298 g/mol. The average Bonchev–Trinajstić information content (AvgIpc) is 2.75. The van der Waals surface area contributed by atoms with Gasteiger partial charge in [-0.05, 0) is 60.1 Å². The Morgan fingerprint density at radius 2 is 2.35 bits per heavy atom. The van der Waals surface area contributed by atoms with Crippen molar-refractivity contribution in [1.29, 1.82) is 0 Å². The fourth-order valence-corrected chi connectivity index (χ4v) is 2.98. The minimum absolute atomic E-state index is 0.671. The molecule has 1 heterocycles. The number of benzene rings is 1. The molecule has 0 saturated carbocycles. The Morgan fingerprint density at radius 3 is 3.06 bits per heavy atom. The number of hydrogen-bond acceptors (Lipinski definition) is 3. The Bertz CT molecular complexity index is 381. The lowest BCUT2D eigenvalue weighted by atomic mass is 10.2. The fraction of sp³-hybridized carbons (Fsp3) is 0.538. The van der Waals surface area contributed by atoms with E-state index in [0.717, 1.165) is 28.9 Å². The van der Waals surface area contributed by atoms with Crippen LogP contribution in [0.3, 0.4) is 0 Å². The molecule has 1 atom stereocenters. The van der Waals surface area contributed by atoms with Crippen molar-refractivity contribution in [3.63, 3.8) is 0 Å². The molecule has 1 aromatic carbocycles. The number of anilines is 2. The third-order valence-electron chi connectivity index (χ3n) is 3.43. The van der Waals surface area contributed by atoms with Crippen molar-refractivity contribution in [2.75, 3.05) is 30.7 Å². The van der Waals surface area contributed by atoms with Crippen molar-refractivity contribution in [2.45, 2.75) is 25.8 Å². The van der Waals surface area contributed by atoms with Crippen LogP contribution in [-0.4, -0.2) is 30.6 Å². The standard InChI is InChI=1S/C13H20BrN3/c1-2-17-7-3-4-11(17)9-16-13-6-5-10(15)8-12(13)14/h5-6,8,11,16H,2-4,7,9,15H2,1H3. The summed E-state index contributed by atoms with van der Waals surface area (Å²) in [5, 5.41) is 3.50. The maximum Gasteiger partial charge on any atom is 0.0486 e. The van der Waals surface area contributed by atoms with Crippen molar-refractivity contribution >= 4 is 27.3 Å². The van der Waals surface area contributed by atoms with Gasteiger partial charge in [0.15, 0.2) is 0 Å². The summed E-state index contributed by atoms with van der Waals surface area (Å²) in [5.41, 5.74) is 7.64. The number of rotatable bonds is 4. The van der Waals surface area contributed by atoms with Crippen LogP contribution in [-0.2, 0) is 0 Å². The Balaban J connectivity index is 1.93. The predicted octanol–water partition coefficient (Wildman–Crippen LogP) is 2.93. The second-order valence-corrected chi connectivity index (χ2v) is 5.40. The minimum atomic E-state index is 0.671. The first-order valence-electron chi connectivity index (χ1n) is 6.23. The number of likely N-dealkylation sites (tertiary alicyclic amines) is 1. The monoisotopic (exact) mass is 297 g/mol. The Labute approximate surface area is 111 Å². The van der Waals surface area contributed by atoms with Gasteiger partial charge in [-0.15, -0.1) is 0 Å². The lowest BCUT2D eigenvalue weighted by molar-refractivity contribution is 0.277. The highest BCUT2D eigenvalue weighted by Gasteiger charge is 2.22. The molecule has 1 fully saturated rings. The first-order valence-corrected chi connectivity index (χ1v) is 7.03.